The van der Waals surface area contributed by atoms with Crippen molar-refractivity contribution in [2.45, 2.75) is 33.1 Å². The second-order valence-electron chi connectivity index (χ2n) is 4.38. The second kappa shape index (κ2) is 3.52. The van der Waals surface area contributed by atoms with E-state index in [2.05, 4.69) is 0 Å². The van der Waals surface area contributed by atoms with Crippen molar-refractivity contribution in [3.8, 4) is 24.3 Å². The van der Waals surface area contributed by atoms with Gasteiger partial charge in [0, 0.05) is 5.41 Å². The van der Waals surface area contributed by atoms with Crippen LogP contribution in [0.3, 0.4) is 0 Å². The molecule has 0 amide bonds. The van der Waals surface area contributed by atoms with Crippen molar-refractivity contribution in [1.29, 1.82) is 21.0 Å². The van der Waals surface area contributed by atoms with E-state index in [1.807, 2.05) is 31.2 Å². The summed E-state index contributed by atoms with van der Waals surface area (Å²) in [6.07, 6.45) is 2.29. The molecule has 0 N–H and O–H groups in total. The highest BCUT2D eigenvalue weighted by Gasteiger charge is 2.88. The molecule has 0 aromatic rings. The van der Waals surface area contributed by atoms with Crippen molar-refractivity contribution in [3.63, 3.8) is 0 Å². The average molecular weight is 212 g/mol. The largest absolute Gasteiger partial charge is 0.196 e. The lowest BCUT2D eigenvalue weighted by atomic mass is 9.90. The minimum atomic E-state index is -1.46. The predicted molar refractivity (Wildman–Crippen MR) is 55.0 cm³/mol. The molecule has 80 valence electrons. The van der Waals surface area contributed by atoms with E-state index in [0.717, 1.165) is 12.8 Å². The summed E-state index contributed by atoms with van der Waals surface area (Å²) in [6.45, 7) is 3.69. The van der Waals surface area contributed by atoms with E-state index in [-0.39, 0.29) is 0 Å². The molecule has 0 saturated heterocycles. The maximum absolute atomic E-state index is 9.11. The Morgan fingerprint density at radius 3 is 1.50 bits per heavy atom. The molecule has 0 atom stereocenters. The lowest BCUT2D eigenvalue weighted by Crippen LogP contribution is -2.07. The van der Waals surface area contributed by atoms with Crippen molar-refractivity contribution >= 4 is 0 Å². The molecule has 0 unspecified atom stereocenters. The van der Waals surface area contributed by atoms with Crippen molar-refractivity contribution in [3.05, 3.63) is 0 Å². The zero-order valence-electron chi connectivity index (χ0n) is 9.41. The fraction of sp³-hybridized carbons (Fsp3) is 0.667. The van der Waals surface area contributed by atoms with Gasteiger partial charge in [-0.05, 0) is 6.42 Å². The lowest BCUT2D eigenvalue weighted by Gasteiger charge is -2.09. The van der Waals surface area contributed by atoms with Gasteiger partial charge < -0.3 is 0 Å². The smallest absolute Gasteiger partial charge is 0.183 e. The van der Waals surface area contributed by atoms with Crippen LogP contribution in [-0.4, -0.2) is 0 Å². The Kier molecular flexibility index (Phi) is 2.64. The van der Waals surface area contributed by atoms with Gasteiger partial charge in [-0.3, -0.25) is 0 Å². The van der Waals surface area contributed by atoms with Crippen LogP contribution in [-0.2, 0) is 0 Å². The maximum Gasteiger partial charge on any atom is 0.183 e. The van der Waals surface area contributed by atoms with Crippen LogP contribution >= 0.6 is 0 Å². The first-order valence-electron chi connectivity index (χ1n) is 5.21. The Morgan fingerprint density at radius 2 is 1.25 bits per heavy atom. The molecule has 1 rings (SSSR count). The molecule has 0 radical (unpaired) electrons. The van der Waals surface area contributed by atoms with E-state index < -0.39 is 16.2 Å². The number of hydrogen-bond donors (Lipinski definition) is 0. The van der Waals surface area contributed by atoms with Gasteiger partial charge in [0.05, 0.1) is 24.3 Å². The zero-order valence-corrected chi connectivity index (χ0v) is 9.41. The Balaban J connectivity index is 3.25. The van der Waals surface area contributed by atoms with Crippen LogP contribution in [0.2, 0.25) is 0 Å². The fourth-order valence-electron chi connectivity index (χ4n) is 2.57. The molecule has 0 aliphatic heterocycles. The molecular formula is C12H12N4. The molecule has 1 aliphatic carbocycles. The first-order valence-corrected chi connectivity index (χ1v) is 5.21. The first-order chi connectivity index (χ1) is 7.55. The maximum atomic E-state index is 9.11. The Labute approximate surface area is 95.3 Å². The minimum absolute atomic E-state index is 0.561. The third-order valence-electron chi connectivity index (χ3n) is 3.86. The van der Waals surface area contributed by atoms with Crippen LogP contribution in [0.15, 0.2) is 0 Å². The van der Waals surface area contributed by atoms with Crippen LogP contribution in [0.1, 0.15) is 33.1 Å². The summed E-state index contributed by atoms with van der Waals surface area (Å²) in [7, 11) is 0. The highest BCUT2D eigenvalue weighted by atomic mass is 14.8. The lowest BCUT2D eigenvalue weighted by molar-refractivity contribution is 0.414. The van der Waals surface area contributed by atoms with Crippen molar-refractivity contribution in [2.75, 3.05) is 0 Å². The second-order valence-corrected chi connectivity index (χ2v) is 4.38. The van der Waals surface area contributed by atoms with Crippen molar-refractivity contribution < 1.29 is 0 Å². The summed E-state index contributed by atoms with van der Waals surface area (Å²) in [5, 5.41) is 36.5. The highest BCUT2D eigenvalue weighted by Crippen LogP contribution is 2.79. The number of hydrogen-bond acceptors (Lipinski definition) is 4. The monoisotopic (exact) mass is 212 g/mol. The fourth-order valence-corrected chi connectivity index (χ4v) is 2.57. The zero-order chi connectivity index (χ0) is 12.4. The first kappa shape index (κ1) is 12.0. The Morgan fingerprint density at radius 1 is 0.875 bits per heavy atom. The van der Waals surface area contributed by atoms with Gasteiger partial charge in [0.2, 0.25) is 0 Å². The standard InChI is InChI=1S/C12H12N4/c1-3-4-5-10(2)11(6-13,7-14)12(10,8-15)9-16/h3-5H2,1-2H3. The van der Waals surface area contributed by atoms with Crippen molar-refractivity contribution in [2.24, 2.45) is 16.2 Å². The molecule has 0 bridgehead atoms. The molecule has 0 heterocycles. The number of nitriles is 4. The molecule has 1 aliphatic rings. The summed E-state index contributed by atoms with van der Waals surface area (Å²) in [4.78, 5) is 0. The van der Waals surface area contributed by atoms with Gasteiger partial charge in [-0.1, -0.05) is 26.7 Å². The van der Waals surface area contributed by atoms with Crippen LogP contribution < -0.4 is 0 Å². The van der Waals surface area contributed by atoms with Gasteiger partial charge in [0.15, 0.2) is 10.8 Å². The Bertz CT molecular complexity index is 397. The number of unbranched alkanes of at least 4 members (excludes halogenated alkanes) is 1. The van der Waals surface area contributed by atoms with E-state index in [9.17, 15) is 0 Å². The molecule has 0 aromatic heterocycles. The summed E-state index contributed by atoms with van der Waals surface area (Å²) in [5.74, 6) is 0. The summed E-state index contributed by atoms with van der Waals surface area (Å²) in [6, 6.07) is 7.55. The summed E-state index contributed by atoms with van der Waals surface area (Å²) < 4.78 is 0. The summed E-state index contributed by atoms with van der Waals surface area (Å²) in [5.41, 5.74) is -3.74. The van der Waals surface area contributed by atoms with Crippen LogP contribution in [0, 0.1) is 61.6 Å². The molecule has 1 saturated carbocycles. The Hall–Kier alpha value is -2.04. The molecule has 0 aromatic carbocycles. The van der Waals surface area contributed by atoms with Crippen LogP contribution in [0.25, 0.3) is 0 Å². The van der Waals surface area contributed by atoms with Crippen molar-refractivity contribution in [1.82, 2.24) is 0 Å². The van der Waals surface area contributed by atoms with Crippen LogP contribution in [0.4, 0.5) is 0 Å². The van der Waals surface area contributed by atoms with Gasteiger partial charge >= 0.3 is 0 Å². The minimum Gasteiger partial charge on any atom is -0.196 e. The van der Waals surface area contributed by atoms with Gasteiger partial charge in [-0.2, -0.15) is 21.0 Å². The molecule has 4 nitrogen and oxygen atoms in total. The normalized spacial score (nSPS) is 21.9. The quantitative estimate of drug-likeness (QED) is 0.716. The van der Waals surface area contributed by atoms with E-state index >= 15 is 0 Å². The van der Waals surface area contributed by atoms with Gasteiger partial charge in [0.1, 0.15) is 0 Å². The van der Waals surface area contributed by atoms with Gasteiger partial charge in [-0.15, -0.1) is 0 Å². The van der Waals surface area contributed by atoms with E-state index in [0.29, 0.717) is 6.42 Å². The average Bonchev–Trinajstić information content (AvgIpc) is 2.80. The molecule has 4 heteroatoms. The van der Waals surface area contributed by atoms with Gasteiger partial charge in [0.25, 0.3) is 0 Å². The predicted octanol–water partition coefficient (Wildman–Crippen LogP) is 2.26. The highest BCUT2D eigenvalue weighted by molar-refractivity contribution is 5.55. The van der Waals surface area contributed by atoms with E-state index in [4.69, 9.17) is 21.0 Å². The third-order valence-corrected chi connectivity index (χ3v) is 3.86. The molecule has 16 heavy (non-hydrogen) atoms. The number of rotatable bonds is 3. The SMILES string of the molecule is CCCCC1(C)C(C#N)(C#N)C1(C#N)C#N. The molecule has 0 spiro atoms. The van der Waals surface area contributed by atoms with E-state index in [1.165, 1.54) is 0 Å². The van der Waals surface area contributed by atoms with Crippen LogP contribution in [0.5, 0.6) is 0 Å². The van der Waals surface area contributed by atoms with E-state index in [1.54, 1.807) is 6.92 Å². The molecule has 1 fully saturated rings. The van der Waals surface area contributed by atoms with Gasteiger partial charge in [-0.25, -0.2) is 0 Å². The topological polar surface area (TPSA) is 95.2 Å². The third kappa shape index (κ3) is 0.900. The summed E-state index contributed by atoms with van der Waals surface area (Å²) >= 11 is 0. The molecular weight excluding hydrogens is 200 g/mol. The number of nitrogens with zero attached hydrogens (tertiary/aromatic N) is 4.